The van der Waals surface area contributed by atoms with Crippen LogP contribution >= 0.6 is 15.9 Å². The molecular weight excluding hydrogens is 518 g/mol. The quantitative estimate of drug-likeness (QED) is 0.403. The molecule has 2 aliphatic rings. The van der Waals surface area contributed by atoms with Gasteiger partial charge in [0, 0.05) is 13.0 Å². The average Bonchev–Trinajstić information content (AvgIpc) is 3.22. The fraction of sp³-hybridized carbons (Fsp3) is 0.577. The Hall–Kier alpha value is -2.07. The van der Waals surface area contributed by atoms with Gasteiger partial charge in [0.25, 0.3) is 0 Å². The molecule has 0 spiro atoms. The molecule has 1 aromatic rings. The van der Waals surface area contributed by atoms with Crippen LogP contribution in [-0.2, 0) is 25.5 Å². The lowest BCUT2D eigenvalue weighted by atomic mass is 9.87. The van der Waals surface area contributed by atoms with Crippen LogP contribution in [0.1, 0.15) is 51.5 Å². The minimum atomic E-state index is -1.77. The van der Waals surface area contributed by atoms with E-state index in [2.05, 4.69) is 15.9 Å². The number of cyclic esters (lactones) is 1. The van der Waals surface area contributed by atoms with E-state index >= 15 is 0 Å². The van der Waals surface area contributed by atoms with Gasteiger partial charge in [-0.05, 0) is 52.7 Å². The first-order valence-corrected chi connectivity index (χ1v) is 12.9. The Morgan fingerprint density at radius 2 is 1.86 bits per heavy atom. The zero-order valence-corrected chi connectivity index (χ0v) is 21.8. The number of unbranched alkanes of at least 4 members (excludes halogenated alkanes) is 3. The Bertz CT molecular complexity index is 935. The van der Waals surface area contributed by atoms with Gasteiger partial charge in [-0.15, -0.1) is 0 Å². The highest BCUT2D eigenvalue weighted by Gasteiger charge is 2.50. The van der Waals surface area contributed by atoms with Gasteiger partial charge in [-0.25, -0.2) is 9.69 Å². The molecule has 192 valence electrons. The summed E-state index contributed by atoms with van der Waals surface area (Å²) >= 11 is 3.27. The lowest BCUT2D eigenvalue weighted by molar-refractivity contribution is -0.218. The molecule has 0 radical (unpaired) electrons. The van der Waals surface area contributed by atoms with E-state index in [1.54, 1.807) is 0 Å². The first-order valence-electron chi connectivity index (χ1n) is 12.1. The summed E-state index contributed by atoms with van der Waals surface area (Å²) in [4.78, 5) is 40.5. The standard InChI is InChI=1S/C26H34BrNO7/c1-17(2)20-16-34-25(32)28(20)24(31)19(14-18-10-6-5-7-11-18)23-21(30)15-22(27)26(33,35-23)12-8-3-4-9-13-29/h5-7,10-11,15,17,19-20,23,29,33H,3-4,8-9,12-14,16H2,1-2H3/t19-,20+,23-,26+/m1/s1. The van der Waals surface area contributed by atoms with Crippen LogP contribution in [-0.4, -0.2) is 64.0 Å². The Balaban J connectivity index is 1.89. The van der Waals surface area contributed by atoms with Crippen molar-refractivity contribution in [1.82, 2.24) is 4.90 Å². The van der Waals surface area contributed by atoms with Crippen LogP contribution in [0, 0.1) is 11.8 Å². The van der Waals surface area contributed by atoms with Gasteiger partial charge in [-0.3, -0.25) is 9.59 Å². The summed E-state index contributed by atoms with van der Waals surface area (Å²) in [6.07, 6.45) is 2.49. The van der Waals surface area contributed by atoms with Crippen molar-refractivity contribution in [2.24, 2.45) is 11.8 Å². The maximum Gasteiger partial charge on any atom is 0.416 e. The van der Waals surface area contributed by atoms with Crippen LogP contribution in [0.25, 0.3) is 0 Å². The summed E-state index contributed by atoms with van der Waals surface area (Å²) in [7, 11) is 0. The highest BCUT2D eigenvalue weighted by Crippen LogP contribution is 2.38. The predicted octanol–water partition coefficient (Wildman–Crippen LogP) is 3.73. The smallest absolute Gasteiger partial charge is 0.416 e. The highest BCUT2D eigenvalue weighted by atomic mass is 79.9. The molecule has 1 aromatic carbocycles. The van der Waals surface area contributed by atoms with Gasteiger partial charge >= 0.3 is 6.09 Å². The van der Waals surface area contributed by atoms with Crippen LogP contribution in [0.15, 0.2) is 40.9 Å². The van der Waals surface area contributed by atoms with Crippen molar-refractivity contribution in [3.05, 3.63) is 46.5 Å². The highest BCUT2D eigenvalue weighted by molar-refractivity contribution is 9.11. The molecule has 2 heterocycles. The van der Waals surface area contributed by atoms with Crippen molar-refractivity contribution < 1.29 is 34.1 Å². The van der Waals surface area contributed by atoms with Gasteiger partial charge in [-0.1, -0.05) is 57.0 Å². The zero-order chi connectivity index (χ0) is 25.6. The molecule has 0 bridgehead atoms. The molecule has 0 unspecified atom stereocenters. The third kappa shape index (κ3) is 6.58. The Morgan fingerprint density at radius 3 is 2.51 bits per heavy atom. The number of rotatable bonds is 11. The number of nitrogens with zero attached hydrogens (tertiary/aromatic N) is 1. The number of carbonyl (C=O) groups excluding carboxylic acids is 3. The van der Waals surface area contributed by atoms with E-state index in [-0.39, 0.29) is 36.5 Å². The van der Waals surface area contributed by atoms with Crippen LogP contribution in [0.5, 0.6) is 0 Å². The number of ketones is 1. The number of halogens is 1. The molecule has 1 saturated heterocycles. The van der Waals surface area contributed by atoms with Crippen molar-refractivity contribution in [2.75, 3.05) is 13.2 Å². The molecular formula is C26H34BrNO7. The molecule has 8 nitrogen and oxygen atoms in total. The summed E-state index contributed by atoms with van der Waals surface area (Å²) in [5, 5.41) is 20.3. The molecule has 2 amide bonds. The van der Waals surface area contributed by atoms with Crippen LogP contribution in [0.2, 0.25) is 0 Å². The number of aliphatic hydroxyl groups excluding tert-OH is 1. The van der Waals surface area contributed by atoms with Crippen molar-refractivity contribution in [3.63, 3.8) is 0 Å². The van der Waals surface area contributed by atoms with Gasteiger partial charge < -0.3 is 19.7 Å². The number of carbonyl (C=O) groups is 3. The van der Waals surface area contributed by atoms with E-state index in [1.807, 2.05) is 44.2 Å². The van der Waals surface area contributed by atoms with E-state index in [1.165, 1.54) is 6.08 Å². The topological polar surface area (TPSA) is 113 Å². The fourth-order valence-corrected chi connectivity index (χ4v) is 5.00. The SMILES string of the molecule is CC(C)[C@@H]1COC(=O)N1C(=O)[C@H](Cc1ccccc1)[C@H]1O[C@@](O)(CCCCCCO)C(Br)=CC1=O. The van der Waals surface area contributed by atoms with E-state index in [4.69, 9.17) is 14.6 Å². The molecule has 0 aromatic heterocycles. The summed E-state index contributed by atoms with van der Waals surface area (Å²) in [6, 6.07) is 8.76. The summed E-state index contributed by atoms with van der Waals surface area (Å²) < 4.78 is 11.4. The van der Waals surface area contributed by atoms with Crippen molar-refractivity contribution >= 4 is 33.7 Å². The Labute approximate surface area is 214 Å². The number of hydrogen-bond acceptors (Lipinski definition) is 7. The molecule has 35 heavy (non-hydrogen) atoms. The number of ether oxygens (including phenoxy) is 2. The largest absolute Gasteiger partial charge is 0.447 e. The summed E-state index contributed by atoms with van der Waals surface area (Å²) in [6.45, 7) is 4.01. The van der Waals surface area contributed by atoms with E-state index in [9.17, 15) is 19.5 Å². The number of benzene rings is 1. The average molecular weight is 552 g/mol. The van der Waals surface area contributed by atoms with Crippen LogP contribution in [0.3, 0.4) is 0 Å². The second-order valence-electron chi connectivity index (χ2n) is 9.50. The van der Waals surface area contributed by atoms with Gasteiger partial charge in [0.2, 0.25) is 5.91 Å². The van der Waals surface area contributed by atoms with Crippen molar-refractivity contribution in [1.29, 1.82) is 0 Å². The third-order valence-electron chi connectivity index (χ3n) is 6.56. The molecule has 2 N–H and O–H groups in total. The lowest BCUT2D eigenvalue weighted by Gasteiger charge is -2.39. The van der Waals surface area contributed by atoms with E-state index < -0.39 is 41.6 Å². The molecule has 1 fully saturated rings. The van der Waals surface area contributed by atoms with Crippen LogP contribution < -0.4 is 0 Å². The summed E-state index contributed by atoms with van der Waals surface area (Å²) in [5.41, 5.74) is 0.803. The first kappa shape index (κ1) is 27.5. The lowest BCUT2D eigenvalue weighted by Crippen LogP contribution is -2.54. The molecule has 4 atom stereocenters. The predicted molar refractivity (Wildman–Crippen MR) is 132 cm³/mol. The third-order valence-corrected chi connectivity index (χ3v) is 7.41. The summed E-state index contributed by atoms with van der Waals surface area (Å²) in [5.74, 6) is -3.84. The molecule has 3 rings (SSSR count). The van der Waals surface area contributed by atoms with Gasteiger partial charge in [0.15, 0.2) is 11.6 Å². The maximum absolute atomic E-state index is 13.8. The second-order valence-corrected chi connectivity index (χ2v) is 10.4. The molecule has 2 aliphatic heterocycles. The van der Waals surface area contributed by atoms with Gasteiger partial charge in [-0.2, -0.15) is 0 Å². The minimum Gasteiger partial charge on any atom is -0.447 e. The Kier molecular flexibility index (Phi) is 9.63. The molecule has 0 aliphatic carbocycles. The first-order chi connectivity index (χ1) is 16.7. The monoisotopic (exact) mass is 551 g/mol. The molecule has 0 saturated carbocycles. The van der Waals surface area contributed by atoms with Gasteiger partial charge in [0.05, 0.1) is 16.4 Å². The van der Waals surface area contributed by atoms with E-state index in [0.717, 1.165) is 23.3 Å². The molecule has 9 heteroatoms. The van der Waals surface area contributed by atoms with Crippen LogP contribution in [0.4, 0.5) is 4.79 Å². The number of amides is 2. The maximum atomic E-state index is 13.8. The second kappa shape index (κ2) is 12.3. The van der Waals surface area contributed by atoms with Crippen molar-refractivity contribution in [3.8, 4) is 0 Å². The zero-order valence-electron chi connectivity index (χ0n) is 20.2. The van der Waals surface area contributed by atoms with Crippen molar-refractivity contribution in [2.45, 2.75) is 70.3 Å². The number of aliphatic hydroxyl groups is 2. The van der Waals surface area contributed by atoms with Gasteiger partial charge in [0.1, 0.15) is 12.7 Å². The normalized spacial score (nSPS) is 25.5. The fourth-order valence-electron chi connectivity index (χ4n) is 4.48. The number of imide groups is 1. The number of hydrogen-bond donors (Lipinski definition) is 2. The Morgan fingerprint density at radius 1 is 1.17 bits per heavy atom. The van der Waals surface area contributed by atoms with E-state index in [0.29, 0.717) is 12.8 Å². The minimum absolute atomic E-state index is 0.0318.